The number of ketones is 1. The van der Waals surface area contributed by atoms with Crippen LogP contribution in [0.2, 0.25) is 5.02 Å². The molecule has 0 spiro atoms. The van der Waals surface area contributed by atoms with Gasteiger partial charge in [0, 0.05) is 18.0 Å². The zero-order valence-electron chi connectivity index (χ0n) is 16.7. The molecule has 1 atom stereocenters. The SMILES string of the molecule is CC[NH+](CC)CCCN1C(=O)C(O)=C(C(=O)c2ccco2)[C@@H]1c1cccc(Cl)c1. The molecule has 0 saturated heterocycles. The molecule has 1 aromatic heterocycles. The number of nitrogens with zero attached hydrogens (tertiary/aromatic N) is 1. The largest absolute Gasteiger partial charge is 0.503 e. The first-order chi connectivity index (χ1) is 14.0. The highest BCUT2D eigenvalue weighted by atomic mass is 35.5. The van der Waals surface area contributed by atoms with Crippen LogP contribution >= 0.6 is 11.6 Å². The molecule has 0 saturated carbocycles. The quantitative estimate of drug-likeness (QED) is 0.615. The standard InChI is InChI=1S/C22H25ClN2O4/c1-3-24(4-2)11-7-12-25-19(15-8-5-9-16(23)14-15)18(21(27)22(25)28)20(26)17-10-6-13-29-17/h5-6,8-10,13-14,19,27H,3-4,7,11-12H2,1-2H3/p+1/t19-/m0/s1. The number of amides is 1. The van der Waals surface area contributed by atoms with E-state index in [9.17, 15) is 14.7 Å². The van der Waals surface area contributed by atoms with Crippen molar-refractivity contribution in [1.29, 1.82) is 0 Å². The molecule has 154 valence electrons. The van der Waals surface area contributed by atoms with E-state index in [0.29, 0.717) is 17.1 Å². The summed E-state index contributed by atoms with van der Waals surface area (Å²) in [7, 11) is 0. The number of benzene rings is 1. The highest BCUT2D eigenvalue weighted by Gasteiger charge is 2.44. The van der Waals surface area contributed by atoms with Crippen molar-refractivity contribution >= 4 is 23.3 Å². The second-order valence-electron chi connectivity index (χ2n) is 7.09. The van der Waals surface area contributed by atoms with Crippen molar-refractivity contribution in [2.24, 2.45) is 0 Å². The Hall–Kier alpha value is -2.57. The van der Waals surface area contributed by atoms with E-state index in [4.69, 9.17) is 16.0 Å². The van der Waals surface area contributed by atoms with Crippen molar-refractivity contribution in [1.82, 2.24) is 4.90 Å². The summed E-state index contributed by atoms with van der Waals surface area (Å²) >= 11 is 6.17. The lowest BCUT2D eigenvalue weighted by Gasteiger charge is -2.27. The van der Waals surface area contributed by atoms with Gasteiger partial charge in [0.2, 0.25) is 5.78 Å². The predicted molar refractivity (Wildman–Crippen MR) is 110 cm³/mol. The van der Waals surface area contributed by atoms with Crippen molar-refractivity contribution < 1.29 is 24.0 Å². The molecule has 0 unspecified atom stereocenters. The number of hydrogen-bond acceptors (Lipinski definition) is 4. The number of Topliss-reactive ketones (excluding diaryl/α,β-unsaturated/α-hetero) is 1. The van der Waals surface area contributed by atoms with E-state index in [1.54, 1.807) is 35.2 Å². The molecular weight excluding hydrogens is 392 g/mol. The van der Waals surface area contributed by atoms with Crippen LogP contribution in [-0.2, 0) is 4.79 Å². The van der Waals surface area contributed by atoms with Crippen molar-refractivity contribution in [3.8, 4) is 0 Å². The molecule has 1 amide bonds. The summed E-state index contributed by atoms with van der Waals surface area (Å²) in [4.78, 5) is 28.9. The molecule has 0 fully saturated rings. The third-order valence-electron chi connectivity index (χ3n) is 5.39. The molecule has 2 N–H and O–H groups in total. The minimum absolute atomic E-state index is 0.0300. The summed E-state index contributed by atoms with van der Waals surface area (Å²) in [5.74, 6) is -1.48. The van der Waals surface area contributed by atoms with E-state index < -0.39 is 23.5 Å². The Morgan fingerprint density at radius 2 is 2.00 bits per heavy atom. The Kier molecular flexibility index (Phi) is 6.77. The molecule has 3 rings (SSSR count). The van der Waals surface area contributed by atoms with Gasteiger partial charge in [-0.05, 0) is 43.7 Å². The van der Waals surface area contributed by atoms with Gasteiger partial charge in [0.05, 0.1) is 37.5 Å². The molecule has 1 aliphatic rings. The monoisotopic (exact) mass is 417 g/mol. The van der Waals surface area contributed by atoms with Crippen molar-refractivity contribution in [2.75, 3.05) is 26.2 Å². The van der Waals surface area contributed by atoms with Crippen molar-refractivity contribution in [3.63, 3.8) is 0 Å². The minimum atomic E-state index is -0.703. The number of halogens is 1. The Balaban J connectivity index is 1.94. The molecule has 7 heteroatoms. The van der Waals surface area contributed by atoms with Crippen LogP contribution in [0.4, 0.5) is 0 Å². The lowest BCUT2D eigenvalue weighted by atomic mass is 9.95. The van der Waals surface area contributed by atoms with Gasteiger partial charge >= 0.3 is 0 Å². The summed E-state index contributed by atoms with van der Waals surface area (Å²) in [6, 6.07) is 9.44. The van der Waals surface area contributed by atoms with Crippen molar-refractivity contribution in [3.05, 3.63) is 70.3 Å². The highest BCUT2D eigenvalue weighted by Crippen LogP contribution is 2.39. The molecular formula is C22H26ClN2O4+. The fraction of sp³-hybridized carbons (Fsp3) is 0.364. The molecule has 6 nitrogen and oxygen atoms in total. The zero-order valence-corrected chi connectivity index (χ0v) is 17.4. The van der Waals surface area contributed by atoms with Gasteiger partial charge in [0.25, 0.3) is 5.91 Å². The van der Waals surface area contributed by atoms with Crippen LogP contribution in [0.1, 0.15) is 42.4 Å². The Morgan fingerprint density at radius 1 is 1.24 bits per heavy atom. The van der Waals surface area contributed by atoms with E-state index >= 15 is 0 Å². The van der Waals surface area contributed by atoms with Crippen LogP contribution in [0.15, 0.2) is 58.4 Å². The number of carbonyl (C=O) groups excluding carboxylic acids is 2. The number of quaternary nitrogens is 1. The highest BCUT2D eigenvalue weighted by molar-refractivity contribution is 6.30. The van der Waals surface area contributed by atoms with Crippen LogP contribution in [0, 0.1) is 0 Å². The van der Waals surface area contributed by atoms with Gasteiger partial charge < -0.3 is 19.3 Å². The summed E-state index contributed by atoms with van der Waals surface area (Å²) in [6.45, 7) is 7.60. The summed E-state index contributed by atoms with van der Waals surface area (Å²) < 4.78 is 5.22. The molecule has 0 radical (unpaired) electrons. The first-order valence-corrected chi connectivity index (χ1v) is 10.3. The predicted octanol–water partition coefficient (Wildman–Crippen LogP) is 2.83. The first kappa shape index (κ1) is 21.1. The third-order valence-corrected chi connectivity index (χ3v) is 5.62. The molecule has 29 heavy (non-hydrogen) atoms. The van der Waals surface area contributed by atoms with Gasteiger partial charge in [-0.3, -0.25) is 9.59 Å². The molecule has 1 aromatic carbocycles. The molecule has 0 aliphatic carbocycles. The molecule has 2 aromatic rings. The Labute approximate surface area is 175 Å². The Bertz CT molecular complexity index is 903. The van der Waals surface area contributed by atoms with E-state index in [1.165, 1.54) is 17.2 Å². The second kappa shape index (κ2) is 9.29. The fourth-order valence-electron chi connectivity index (χ4n) is 3.78. The Morgan fingerprint density at radius 3 is 2.62 bits per heavy atom. The van der Waals surface area contributed by atoms with Gasteiger partial charge in [-0.1, -0.05) is 23.7 Å². The van der Waals surface area contributed by atoms with Gasteiger partial charge in [-0.2, -0.15) is 0 Å². The molecule has 2 heterocycles. The van der Waals surface area contributed by atoms with E-state index in [2.05, 4.69) is 13.8 Å². The number of nitrogens with one attached hydrogen (secondary N) is 1. The maximum absolute atomic E-state index is 13.0. The van der Waals surface area contributed by atoms with Crippen LogP contribution in [0.5, 0.6) is 0 Å². The normalized spacial score (nSPS) is 16.9. The van der Waals surface area contributed by atoms with E-state index in [1.807, 2.05) is 0 Å². The number of aliphatic hydroxyl groups is 1. The number of carbonyl (C=O) groups is 2. The fourth-order valence-corrected chi connectivity index (χ4v) is 3.98. The van der Waals surface area contributed by atoms with E-state index in [-0.39, 0.29) is 11.3 Å². The topological polar surface area (TPSA) is 75.2 Å². The van der Waals surface area contributed by atoms with Gasteiger partial charge in [-0.25, -0.2) is 0 Å². The van der Waals surface area contributed by atoms with Gasteiger partial charge in [0.1, 0.15) is 0 Å². The summed E-state index contributed by atoms with van der Waals surface area (Å²) in [5.41, 5.74) is 0.711. The lowest BCUT2D eigenvalue weighted by Crippen LogP contribution is -3.11. The first-order valence-electron chi connectivity index (χ1n) is 9.89. The number of hydrogen-bond donors (Lipinski definition) is 2. The minimum Gasteiger partial charge on any atom is -0.503 e. The van der Waals surface area contributed by atoms with Crippen LogP contribution < -0.4 is 4.90 Å². The van der Waals surface area contributed by atoms with Crippen molar-refractivity contribution in [2.45, 2.75) is 26.3 Å². The molecule has 1 aliphatic heterocycles. The van der Waals surface area contributed by atoms with E-state index in [0.717, 1.165) is 26.1 Å². The maximum atomic E-state index is 13.0. The van der Waals surface area contributed by atoms with Crippen LogP contribution in [0.25, 0.3) is 0 Å². The average Bonchev–Trinajstić information content (AvgIpc) is 3.33. The number of rotatable bonds is 9. The summed E-state index contributed by atoms with van der Waals surface area (Å²) in [6.07, 6.45) is 2.15. The summed E-state index contributed by atoms with van der Waals surface area (Å²) in [5, 5.41) is 11.1. The number of furan rings is 1. The number of aliphatic hydroxyl groups excluding tert-OH is 1. The smallest absolute Gasteiger partial charge is 0.290 e. The average molecular weight is 418 g/mol. The maximum Gasteiger partial charge on any atom is 0.290 e. The molecule has 0 bridgehead atoms. The second-order valence-corrected chi connectivity index (χ2v) is 7.52. The van der Waals surface area contributed by atoms with Crippen LogP contribution in [-0.4, -0.2) is 47.9 Å². The third kappa shape index (κ3) is 4.38. The lowest BCUT2D eigenvalue weighted by molar-refractivity contribution is -0.896. The van der Waals surface area contributed by atoms with Gasteiger partial charge in [0.15, 0.2) is 11.5 Å². The zero-order chi connectivity index (χ0) is 21.0. The van der Waals surface area contributed by atoms with Gasteiger partial charge in [-0.15, -0.1) is 0 Å². The van der Waals surface area contributed by atoms with Crippen LogP contribution in [0.3, 0.4) is 0 Å².